The van der Waals surface area contributed by atoms with Gasteiger partial charge in [0.1, 0.15) is 17.5 Å². The van der Waals surface area contributed by atoms with Gasteiger partial charge in [-0.1, -0.05) is 6.07 Å². The number of benzene rings is 2. The molecule has 0 saturated carbocycles. The molecule has 1 saturated heterocycles. The molecule has 1 amide bonds. The molecule has 0 spiro atoms. The summed E-state index contributed by atoms with van der Waals surface area (Å²) in [5.74, 6) is -4.81. The third kappa shape index (κ3) is 12.5. The van der Waals surface area contributed by atoms with E-state index in [1.165, 1.54) is 6.07 Å². The van der Waals surface area contributed by atoms with Crippen LogP contribution in [-0.4, -0.2) is 95.9 Å². The number of nitro groups is 2. The lowest BCUT2D eigenvalue weighted by Crippen LogP contribution is -2.64. The maximum atomic E-state index is 12.8. The van der Waals surface area contributed by atoms with Gasteiger partial charge in [-0.2, -0.15) is 0 Å². The van der Waals surface area contributed by atoms with Crippen LogP contribution in [0.4, 0.5) is 21.0 Å². The molecule has 6 atom stereocenters. The van der Waals surface area contributed by atoms with Gasteiger partial charge in [0.05, 0.1) is 23.5 Å². The van der Waals surface area contributed by atoms with Crippen molar-refractivity contribution in [3.8, 4) is 11.5 Å². The van der Waals surface area contributed by atoms with Crippen LogP contribution in [0, 0.1) is 20.2 Å². The summed E-state index contributed by atoms with van der Waals surface area (Å²) >= 11 is 0. The van der Waals surface area contributed by atoms with Crippen molar-refractivity contribution in [1.82, 2.24) is 5.32 Å². The number of nitro benzene ring substituents is 2. The van der Waals surface area contributed by atoms with Crippen LogP contribution in [0.15, 0.2) is 42.5 Å². The Bertz CT molecular complexity index is 1790. The van der Waals surface area contributed by atoms with Gasteiger partial charge in [-0.25, -0.2) is 14.4 Å². The van der Waals surface area contributed by atoms with Crippen molar-refractivity contribution in [2.75, 3.05) is 13.7 Å². The molecule has 2 aromatic rings. The Morgan fingerprint density at radius 3 is 1.95 bits per heavy atom. The quantitative estimate of drug-likeness (QED) is 0.100. The standard InChI is InChI=1S/C33H37N3O19/c1-16(37)48-25-26(49-17(2)38)28(50-18(3)39)30(54-27(25)29(40)47-7)52-23-13-8-19(14-22(23)36(45)46)24(15-34-31(41)55-33(4,5)6)53-32(42)51-21-11-9-20(10-12-21)35(43)44/h8-14,24-28,30H,15H2,1-7H3,(H,34,41)/t24?,25-,26-,27-,28+,30+/m0/s1. The number of carbonyl (C=O) groups excluding carboxylic acids is 6. The Hall–Kier alpha value is -6.58. The molecule has 22 heteroatoms. The van der Waals surface area contributed by atoms with Gasteiger partial charge in [-0.15, -0.1) is 0 Å². The molecule has 1 unspecified atom stereocenters. The van der Waals surface area contributed by atoms with Crippen molar-refractivity contribution in [1.29, 1.82) is 0 Å². The van der Waals surface area contributed by atoms with E-state index in [0.717, 1.165) is 64.3 Å². The van der Waals surface area contributed by atoms with Gasteiger partial charge in [0.25, 0.3) is 5.69 Å². The molecule has 22 nitrogen and oxygen atoms in total. The molecule has 298 valence electrons. The van der Waals surface area contributed by atoms with Crippen LogP contribution in [-0.2, 0) is 52.3 Å². The number of esters is 4. The van der Waals surface area contributed by atoms with Gasteiger partial charge < -0.3 is 47.9 Å². The van der Waals surface area contributed by atoms with Gasteiger partial charge in [-0.3, -0.25) is 34.6 Å². The summed E-state index contributed by atoms with van der Waals surface area (Å²) in [5.41, 5.74) is -2.16. The Kier molecular flexibility index (Phi) is 14.4. The van der Waals surface area contributed by atoms with E-state index in [4.69, 9.17) is 42.6 Å². The summed E-state index contributed by atoms with van der Waals surface area (Å²) in [5, 5.41) is 25.7. The fraction of sp³-hybridized carbons (Fsp3) is 0.455. The smallest absolute Gasteiger partial charge is 0.467 e. The van der Waals surface area contributed by atoms with Crippen molar-refractivity contribution >= 4 is 47.5 Å². The highest BCUT2D eigenvalue weighted by Gasteiger charge is 2.56. The van der Waals surface area contributed by atoms with Crippen molar-refractivity contribution in [2.24, 2.45) is 0 Å². The lowest BCUT2D eigenvalue weighted by molar-refractivity contribution is -0.387. The minimum Gasteiger partial charge on any atom is -0.467 e. The van der Waals surface area contributed by atoms with E-state index in [2.05, 4.69) is 5.32 Å². The molecule has 0 radical (unpaired) electrons. The van der Waals surface area contributed by atoms with E-state index in [0.29, 0.717) is 0 Å². The van der Waals surface area contributed by atoms with Gasteiger partial charge in [0.2, 0.25) is 12.4 Å². The average molecular weight is 780 g/mol. The second kappa shape index (κ2) is 18.4. The van der Waals surface area contributed by atoms with E-state index >= 15 is 0 Å². The highest BCUT2D eigenvalue weighted by atomic mass is 16.7. The molecule has 0 aromatic heterocycles. The maximum Gasteiger partial charge on any atom is 0.514 e. The first-order valence-corrected chi connectivity index (χ1v) is 16.0. The average Bonchev–Trinajstić information content (AvgIpc) is 3.07. The van der Waals surface area contributed by atoms with Gasteiger partial charge in [0, 0.05) is 44.5 Å². The number of alkyl carbamates (subject to hydrolysis) is 1. The molecule has 3 rings (SSSR count). The zero-order chi connectivity index (χ0) is 41.2. The minimum absolute atomic E-state index is 0.114. The molecule has 1 heterocycles. The van der Waals surface area contributed by atoms with E-state index in [9.17, 15) is 49.0 Å². The van der Waals surface area contributed by atoms with Gasteiger partial charge in [-0.05, 0) is 39.0 Å². The number of carbonyl (C=O) groups is 6. The van der Waals surface area contributed by atoms with Gasteiger partial charge in [0.15, 0.2) is 24.1 Å². The predicted molar refractivity (Wildman–Crippen MR) is 178 cm³/mol. The number of nitrogens with one attached hydrogen (secondary N) is 1. The summed E-state index contributed by atoms with van der Waals surface area (Å²) in [6, 6.07) is 7.44. The largest absolute Gasteiger partial charge is 0.514 e. The van der Waals surface area contributed by atoms with Gasteiger partial charge >= 0.3 is 41.8 Å². The fourth-order valence-corrected chi connectivity index (χ4v) is 4.87. The molecular formula is C33H37N3O19. The predicted octanol–water partition coefficient (Wildman–Crippen LogP) is 3.36. The number of amides is 1. The number of hydrogen-bond donors (Lipinski definition) is 1. The van der Waals surface area contributed by atoms with E-state index < -0.39 is 106 Å². The number of methoxy groups -OCH3 is 1. The van der Waals surface area contributed by atoms with E-state index in [-0.39, 0.29) is 17.0 Å². The zero-order valence-corrected chi connectivity index (χ0v) is 30.4. The topological polar surface area (TPSA) is 284 Å². The first-order chi connectivity index (χ1) is 25.7. The summed E-state index contributed by atoms with van der Waals surface area (Å²) in [6.07, 6.45) is -12.9. The summed E-state index contributed by atoms with van der Waals surface area (Å²) < 4.78 is 47.6. The van der Waals surface area contributed by atoms with Crippen LogP contribution in [0.2, 0.25) is 0 Å². The lowest BCUT2D eigenvalue weighted by atomic mass is 9.97. The molecule has 55 heavy (non-hydrogen) atoms. The Morgan fingerprint density at radius 2 is 1.42 bits per heavy atom. The highest BCUT2D eigenvalue weighted by molar-refractivity contribution is 5.77. The first kappa shape index (κ1) is 42.8. The Labute approximate surface area is 311 Å². The Balaban J connectivity index is 2.03. The number of hydrogen-bond acceptors (Lipinski definition) is 19. The first-order valence-electron chi connectivity index (χ1n) is 16.0. The third-order valence-electron chi connectivity index (χ3n) is 6.95. The second-order valence-electron chi connectivity index (χ2n) is 12.4. The van der Waals surface area contributed by atoms with E-state index in [1.807, 2.05) is 0 Å². The summed E-state index contributed by atoms with van der Waals surface area (Å²) in [7, 11) is 0.965. The van der Waals surface area contributed by atoms with Crippen LogP contribution < -0.4 is 14.8 Å². The third-order valence-corrected chi connectivity index (χ3v) is 6.95. The SMILES string of the molecule is COC(=O)[C@H]1O[C@@H](Oc2ccc(C(CNC(=O)OC(C)(C)C)OC(=O)Oc3ccc([N+](=O)[O-])cc3)cc2[N+](=O)[O-])[C@H](OC(C)=O)[C@@H](OC(C)=O)[C@@H]1OC(C)=O. The van der Waals surface area contributed by atoms with Crippen molar-refractivity contribution in [2.45, 2.75) is 84.0 Å². The summed E-state index contributed by atoms with van der Waals surface area (Å²) in [6.45, 7) is 7.15. The van der Waals surface area contributed by atoms with Crippen LogP contribution in [0.1, 0.15) is 53.2 Å². The van der Waals surface area contributed by atoms with Crippen molar-refractivity contribution in [3.05, 3.63) is 68.3 Å². The molecule has 1 aliphatic rings. The monoisotopic (exact) mass is 779 g/mol. The maximum absolute atomic E-state index is 12.8. The molecule has 0 aliphatic carbocycles. The zero-order valence-electron chi connectivity index (χ0n) is 30.4. The molecular weight excluding hydrogens is 742 g/mol. The Morgan fingerprint density at radius 1 is 0.836 bits per heavy atom. The highest BCUT2D eigenvalue weighted by Crippen LogP contribution is 2.36. The van der Waals surface area contributed by atoms with Crippen LogP contribution >= 0.6 is 0 Å². The second-order valence-corrected chi connectivity index (χ2v) is 12.4. The summed E-state index contributed by atoms with van der Waals surface area (Å²) in [4.78, 5) is 96.1. The fourth-order valence-electron chi connectivity index (χ4n) is 4.87. The van der Waals surface area contributed by atoms with Crippen LogP contribution in [0.5, 0.6) is 11.5 Å². The molecule has 2 aromatic carbocycles. The van der Waals surface area contributed by atoms with Crippen molar-refractivity contribution < 1.29 is 81.2 Å². The van der Waals surface area contributed by atoms with Crippen LogP contribution in [0.3, 0.4) is 0 Å². The number of ether oxygens (including phenoxy) is 9. The number of rotatable bonds is 13. The van der Waals surface area contributed by atoms with Crippen LogP contribution in [0.25, 0.3) is 0 Å². The van der Waals surface area contributed by atoms with E-state index in [1.54, 1.807) is 20.8 Å². The molecule has 0 bridgehead atoms. The lowest BCUT2D eigenvalue weighted by Gasteiger charge is -2.43. The number of non-ortho nitro benzene ring substituents is 1. The van der Waals surface area contributed by atoms with Crippen molar-refractivity contribution in [3.63, 3.8) is 0 Å². The molecule has 1 N–H and O–H groups in total. The normalized spacial score (nSPS) is 19.7. The molecule has 1 aliphatic heterocycles. The molecule has 1 fully saturated rings. The number of nitrogens with zero attached hydrogens (tertiary/aromatic N) is 2. The minimum atomic E-state index is -1.95.